The van der Waals surface area contributed by atoms with E-state index in [0.29, 0.717) is 6.04 Å². The van der Waals surface area contributed by atoms with Gasteiger partial charge in [0.05, 0.1) is 0 Å². The van der Waals surface area contributed by atoms with E-state index in [0.717, 1.165) is 18.5 Å². The van der Waals surface area contributed by atoms with Crippen molar-refractivity contribution >= 4 is 5.69 Å². The molecule has 1 aliphatic heterocycles. The molecule has 1 heterocycles. The maximum atomic E-state index is 3.85. The van der Waals surface area contributed by atoms with Gasteiger partial charge in [-0.15, -0.1) is 0 Å². The summed E-state index contributed by atoms with van der Waals surface area (Å²) in [5.41, 5.74) is 1.33. The van der Waals surface area contributed by atoms with Crippen molar-refractivity contribution in [1.29, 1.82) is 0 Å². The SMILES string of the molecule is CN(CC1CC2CCCCC2N1)c1ccccc1. The second-order valence-electron chi connectivity index (χ2n) is 5.97. The Bertz CT molecular complexity index is 362. The zero-order valence-electron chi connectivity index (χ0n) is 11.3. The molecule has 98 valence electrons. The van der Waals surface area contributed by atoms with Crippen molar-refractivity contribution in [2.45, 2.75) is 44.2 Å². The first-order valence-electron chi connectivity index (χ1n) is 7.35. The van der Waals surface area contributed by atoms with Crippen molar-refractivity contribution < 1.29 is 0 Å². The van der Waals surface area contributed by atoms with E-state index in [-0.39, 0.29) is 0 Å². The number of rotatable bonds is 3. The highest BCUT2D eigenvalue weighted by Crippen LogP contribution is 2.33. The minimum Gasteiger partial charge on any atom is -0.373 e. The molecular weight excluding hydrogens is 220 g/mol. The number of benzene rings is 1. The van der Waals surface area contributed by atoms with Crippen LogP contribution in [0.5, 0.6) is 0 Å². The van der Waals surface area contributed by atoms with Gasteiger partial charge < -0.3 is 10.2 Å². The summed E-state index contributed by atoms with van der Waals surface area (Å²) in [6.45, 7) is 1.14. The fourth-order valence-electron chi connectivity index (χ4n) is 3.69. The maximum absolute atomic E-state index is 3.85. The Labute approximate surface area is 110 Å². The van der Waals surface area contributed by atoms with Gasteiger partial charge in [0.1, 0.15) is 0 Å². The van der Waals surface area contributed by atoms with Crippen LogP contribution in [0.4, 0.5) is 5.69 Å². The first-order chi connectivity index (χ1) is 8.83. The van der Waals surface area contributed by atoms with Gasteiger partial charge in [0, 0.05) is 31.4 Å². The van der Waals surface area contributed by atoms with Crippen molar-refractivity contribution in [3.05, 3.63) is 30.3 Å². The summed E-state index contributed by atoms with van der Waals surface area (Å²) in [6, 6.07) is 12.2. The summed E-state index contributed by atoms with van der Waals surface area (Å²) in [7, 11) is 2.21. The summed E-state index contributed by atoms with van der Waals surface area (Å²) in [5.74, 6) is 0.952. The minimum atomic E-state index is 0.684. The standard InChI is InChI=1S/C16H24N2/c1-18(15-8-3-2-4-9-15)12-14-11-13-7-5-6-10-16(13)17-14/h2-4,8-9,13-14,16-17H,5-7,10-12H2,1H3. The molecule has 1 saturated carbocycles. The van der Waals surface area contributed by atoms with Gasteiger partial charge in [0.25, 0.3) is 0 Å². The molecule has 1 aliphatic carbocycles. The Kier molecular flexibility index (Phi) is 3.55. The second kappa shape index (κ2) is 5.31. The van der Waals surface area contributed by atoms with Gasteiger partial charge in [0.2, 0.25) is 0 Å². The fraction of sp³-hybridized carbons (Fsp3) is 0.625. The minimum absolute atomic E-state index is 0.684. The summed E-state index contributed by atoms with van der Waals surface area (Å²) < 4.78 is 0. The van der Waals surface area contributed by atoms with Gasteiger partial charge in [-0.2, -0.15) is 0 Å². The van der Waals surface area contributed by atoms with Crippen molar-refractivity contribution in [1.82, 2.24) is 5.32 Å². The third kappa shape index (κ3) is 2.54. The third-order valence-electron chi connectivity index (χ3n) is 4.64. The number of hydrogen-bond donors (Lipinski definition) is 1. The zero-order valence-corrected chi connectivity index (χ0v) is 11.3. The molecule has 2 fully saturated rings. The van der Waals surface area contributed by atoms with E-state index in [1.54, 1.807) is 0 Å². The van der Waals surface area contributed by atoms with Gasteiger partial charge in [0.15, 0.2) is 0 Å². The molecule has 1 aromatic rings. The van der Waals surface area contributed by atoms with Crippen molar-refractivity contribution in [3.8, 4) is 0 Å². The molecule has 18 heavy (non-hydrogen) atoms. The average Bonchev–Trinajstić information content (AvgIpc) is 2.82. The number of para-hydroxylation sites is 1. The molecule has 2 heteroatoms. The van der Waals surface area contributed by atoms with E-state index >= 15 is 0 Å². The molecule has 0 radical (unpaired) electrons. The number of nitrogens with zero attached hydrogens (tertiary/aromatic N) is 1. The molecule has 2 aliphatic rings. The van der Waals surface area contributed by atoms with E-state index < -0.39 is 0 Å². The number of anilines is 1. The number of hydrogen-bond acceptors (Lipinski definition) is 2. The Balaban J connectivity index is 1.57. The van der Waals surface area contributed by atoms with Crippen LogP contribution in [0.25, 0.3) is 0 Å². The predicted octanol–water partition coefficient (Wildman–Crippen LogP) is 3.04. The Morgan fingerprint density at radius 1 is 1.17 bits per heavy atom. The molecule has 2 nitrogen and oxygen atoms in total. The van der Waals surface area contributed by atoms with Crippen molar-refractivity contribution in [3.63, 3.8) is 0 Å². The summed E-state index contributed by atoms with van der Waals surface area (Å²) in [4.78, 5) is 2.38. The highest BCUT2D eigenvalue weighted by molar-refractivity contribution is 5.45. The molecule has 3 atom stereocenters. The van der Waals surface area contributed by atoms with Crippen LogP contribution in [0, 0.1) is 5.92 Å². The molecule has 1 N–H and O–H groups in total. The summed E-state index contributed by atoms with van der Waals surface area (Å²) >= 11 is 0. The molecule has 1 aromatic carbocycles. The fourth-order valence-corrected chi connectivity index (χ4v) is 3.69. The van der Waals surface area contributed by atoms with Crippen LogP contribution >= 0.6 is 0 Å². The van der Waals surface area contributed by atoms with E-state index in [4.69, 9.17) is 0 Å². The van der Waals surface area contributed by atoms with E-state index in [1.165, 1.54) is 37.8 Å². The van der Waals surface area contributed by atoms with Gasteiger partial charge in [-0.05, 0) is 37.3 Å². The molecule has 1 saturated heterocycles. The largest absolute Gasteiger partial charge is 0.373 e. The first kappa shape index (κ1) is 12.0. The van der Waals surface area contributed by atoms with E-state index in [9.17, 15) is 0 Å². The van der Waals surface area contributed by atoms with Crippen molar-refractivity contribution in [2.24, 2.45) is 5.92 Å². The molecule has 0 bridgehead atoms. The molecule has 3 rings (SSSR count). The lowest BCUT2D eigenvalue weighted by Gasteiger charge is -2.25. The number of nitrogens with one attached hydrogen (secondary N) is 1. The van der Waals surface area contributed by atoms with E-state index in [1.807, 2.05) is 0 Å². The van der Waals surface area contributed by atoms with Crippen LogP contribution in [-0.4, -0.2) is 25.7 Å². The van der Waals surface area contributed by atoms with Crippen LogP contribution in [0.15, 0.2) is 30.3 Å². The van der Waals surface area contributed by atoms with Crippen LogP contribution in [-0.2, 0) is 0 Å². The lowest BCUT2D eigenvalue weighted by molar-refractivity contribution is 0.325. The van der Waals surface area contributed by atoms with Crippen LogP contribution in [0.1, 0.15) is 32.1 Å². The smallest absolute Gasteiger partial charge is 0.0364 e. The maximum Gasteiger partial charge on any atom is 0.0364 e. The summed E-state index contributed by atoms with van der Waals surface area (Å²) in [5, 5.41) is 3.85. The predicted molar refractivity (Wildman–Crippen MR) is 77.0 cm³/mol. The zero-order chi connectivity index (χ0) is 12.4. The lowest BCUT2D eigenvalue weighted by atomic mass is 9.85. The number of fused-ring (bicyclic) bond motifs is 1. The Morgan fingerprint density at radius 3 is 2.72 bits per heavy atom. The third-order valence-corrected chi connectivity index (χ3v) is 4.64. The highest BCUT2D eigenvalue weighted by atomic mass is 15.1. The van der Waals surface area contributed by atoms with Gasteiger partial charge in [-0.1, -0.05) is 31.0 Å². The van der Waals surface area contributed by atoms with Gasteiger partial charge in [-0.25, -0.2) is 0 Å². The molecule has 0 aromatic heterocycles. The number of likely N-dealkylation sites (N-methyl/N-ethyl adjacent to an activating group) is 1. The second-order valence-corrected chi connectivity index (χ2v) is 5.97. The van der Waals surface area contributed by atoms with Gasteiger partial charge >= 0.3 is 0 Å². The van der Waals surface area contributed by atoms with Crippen molar-refractivity contribution in [2.75, 3.05) is 18.5 Å². The van der Waals surface area contributed by atoms with Gasteiger partial charge in [-0.3, -0.25) is 0 Å². The molecule has 0 spiro atoms. The first-order valence-corrected chi connectivity index (χ1v) is 7.35. The monoisotopic (exact) mass is 244 g/mol. The van der Waals surface area contributed by atoms with Crippen LogP contribution in [0.3, 0.4) is 0 Å². The Morgan fingerprint density at radius 2 is 1.94 bits per heavy atom. The quantitative estimate of drug-likeness (QED) is 0.879. The summed E-state index contributed by atoms with van der Waals surface area (Å²) in [6.07, 6.45) is 7.10. The normalized spacial score (nSPS) is 31.1. The average molecular weight is 244 g/mol. The topological polar surface area (TPSA) is 15.3 Å². The highest BCUT2D eigenvalue weighted by Gasteiger charge is 2.35. The van der Waals surface area contributed by atoms with E-state index in [2.05, 4.69) is 47.6 Å². The molecule has 0 amide bonds. The molecule has 3 unspecified atom stereocenters. The van der Waals surface area contributed by atoms with Crippen LogP contribution < -0.4 is 10.2 Å². The lowest BCUT2D eigenvalue weighted by Crippen LogP contribution is -2.39. The Hall–Kier alpha value is -1.02. The van der Waals surface area contributed by atoms with Crippen LogP contribution in [0.2, 0.25) is 0 Å². The molecular formula is C16H24N2.